The fourth-order valence-corrected chi connectivity index (χ4v) is 2.88. The smallest absolute Gasteiger partial charge is 0.319 e. The summed E-state index contributed by atoms with van der Waals surface area (Å²) >= 11 is 6.15. The van der Waals surface area contributed by atoms with E-state index in [1.165, 1.54) is 0 Å². The van der Waals surface area contributed by atoms with Crippen LogP contribution in [0.2, 0.25) is 5.02 Å². The van der Waals surface area contributed by atoms with Crippen LogP contribution < -0.4 is 21.3 Å². The summed E-state index contributed by atoms with van der Waals surface area (Å²) in [4.78, 5) is 24.0. The standard InChI is InChI=1S/C17H25ClN4O2.ClH/c1-11(2)21-16(23)14-4-3-13(9-15(14)18)22-17(24)20-10-12-5-7-19-8-6-12;/h3-4,9,11-12,19H,5-8,10H2,1-2H3,(H,21,23)(H2,20,22,24);1H. The molecule has 1 aromatic rings. The van der Waals surface area contributed by atoms with Crippen LogP contribution in [-0.4, -0.2) is 37.6 Å². The van der Waals surface area contributed by atoms with Crippen LogP contribution in [0.4, 0.5) is 10.5 Å². The van der Waals surface area contributed by atoms with Gasteiger partial charge < -0.3 is 21.3 Å². The van der Waals surface area contributed by atoms with Gasteiger partial charge in [-0.1, -0.05) is 11.6 Å². The number of rotatable bonds is 5. The van der Waals surface area contributed by atoms with Crippen molar-refractivity contribution in [1.29, 1.82) is 0 Å². The molecule has 1 fully saturated rings. The molecule has 0 saturated carbocycles. The molecule has 0 aliphatic carbocycles. The second-order valence-corrected chi connectivity index (χ2v) is 6.76. The van der Waals surface area contributed by atoms with Gasteiger partial charge in [0.25, 0.3) is 5.91 Å². The molecule has 1 heterocycles. The minimum absolute atomic E-state index is 0. The van der Waals surface area contributed by atoms with Crippen LogP contribution in [0, 0.1) is 5.92 Å². The van der Waals surface area contributed by atoms with Gasteiger partial charge in [-0.3, -0.25) is 4.79 Å². The van der Waals surface area contributed by atoms with Crippen LogP contribution in [-0.2, 0) is 0 Å². The van der Waals surface area contributed by atoms with Gasteiger partial charge in [-0.05, 0) is 63.9 Å². The van der Waals surface area contributed by atoms with E-state index in [0.717, 1.165) is 25.9 Å². The van der Waals surface area contributed by atoms with Gasteiger partial charge in [0.1, 0.15) is 0 Å². The lowest BCUT2D eigenvalue weighted by Gasteiger charge is -2.22. The van der Waals surface area contributed by atoms with E-state index in [9.17, 15) is 9.59 Å². The maximum Gasteiger partial charge on any atom is 0.319 e. The summed E-state index contributed by atoms with van der Waals surface area (Å²) in [5.74, 6) is 0.291. The number of benzene rings is 1. The van der Waals surface area contributed by atoms with Crippen LogP contribution in [0.1, 0.15) is 37.0 Å². The van der Waals surface area contributed by atoms with E-state index in [0.29, 0.717) is 28.7 Å². The van der Waals surface area contributed by atoms with Crippen molar-refractivity contribution in [2.45, 2.75) is 32.7 Å². The molecule has 0 radical (unpaired) electrons. The molecule has 1 saturated heterocycles. The van der Waals surface area contributed by atoms with Crippen LogP contribution in [0.25, 0.3) is 0 Å². The van der Waals surface area contributed by atoms with Crippen molar-refractivity contribution >= 4 is 41.6 Å². The molecule has 2 rings (SSSR count). The summed E-state index contributed by atoms with van der Waals surface area (Å²) in [6.45, 7) is 6.44. The van der Waals surface area contributed by atoms with Crippen LogP contribution in [0.5, 0.6) is 0 Å². The molecule has 3 amide bonds. The van der Waals surface area contributed by atoms with Crippen molar-refractivity contribution in [1.82, 2.24) is 16.0 Å². The number of hydrogen-bond acceptors (Lipinski definition) is 3. The maximum atomic E-state index is 12.0. The average Bonchev–Trinajstić information content (AvgIpc) is 2.53. The normalized spacial score (nSPS) is 14.6. The van der Waals surface area contributed by atoms with E-state index in [1.54, 1.807) is 18.2 Å². The largest absolute Gasteiger partial charge is 0.350 e. The first-order chi connectivity index (χ1) is 11.5. The fourth-order valence-electron chi connectivity index (χ4n) is 2.62. The fraction of sp³-hybridized carbons (Fsp3) is 0.529. The van der Waals surface area contributed by atoms with Crippen LogP contribution in [0.15, 0.2) is 18.2 Å². The van der Waals surface area contributed by atoms with Crippen molar-refractivity contribution < 1.29 is 9.59 Å². The summed E-state index contributed by atoms with van der Waals surface area (Å²) in [7, 11) is 0. The van der Waals surface area contributed by atoms with Crippen LogP contribution in [0.3, 0.4) is 0 Å². The molecular weight excluding hydrogens is 363 g/mol. The molecule has 140 valence electrons. The van der Waals surface area contributed by atoms with Crippen molar-refractivity contribution in [3.05, 3.63) is 28.8 Å². The number of nitrogens with one attached hydrogen (secondary N) is 4. The van der Waals surface area contributed by atoms with Gasteiger partial charge in [-0.15, -0.1) is 12.4 Å². The van der Waals surface area contributed by atoms with E-state index in [2.05, 4.69) is 21.3 Å². The topological polar surface area (TPSA) is 82.3 Å². The van der Waals surface area contributed by atoms with E-state index in [1.807, 2.05) is 13.8 Å². The molecule has 4 N–H and O–H groups in total. The monoisotopic (exact) mass is 388 g/mol. The van der Waals surface area contributed by atoms with Crippen molar-refractivity contribution in [2.24, 2.45) is 5.92 Å². The highest BCUT2D eigenvalue weighted by molar-refractivity contribution is 6.34. The van der Waals surface area contributed by atoms with Crippen molar-refractivity contribution in [3.63, 3.8) is 0 Å². The van der Waals surface area contributed by atoms with Crippen molar-refractivity contribution in [3.8, 4) is 0 Å². The predicted octanol–water partition coefficient (Wildman–Crippen LogP) is 3.02. The Hall–Kier alpha value is -1.50. The number of anilines is 1. The molecule has 0 spiro atoms. The van der Waals surface area contributed by atoms with Gasteiger partial charge in [0.15, 0.2) is 0 Å². The van der Waals surface area contributed by atoms with Crippen molar-refractivity contribution in [2.75, 3.05) is 25.0 Å². The third-order valence-electron chi connectivity index (χ3n) is 3.90. The minimum atomic E-state index is -0.260. The Labute approximate surface area is 159 Å². The molecule has 1 aromatic carbocycles. The SMILES string of the molecule is CC(C)NC(=O)c1ccc(NC(=O)NCC2CCNCC2)cc1Cl.Cl. The highest BCUT2D eigenvalue weighted by Gasteiger charge is 2.15. The third kappa shape index (κ3) is 7.10. The Bertz CT molecular complexity index is 590. The quantitative estimate of drug-likeness (QED) is 0.625. The number of amides is 3. The van der Waals surface area contributed by atoms with E-state index in [4.69, 9.17) is 11.6 Å². The summed E-state index contributed by atoms with van der Waals surface area (Å²) in [5, 5.41) is 12.0. The van der Waals surface area contributed by atoms with E-state index >= 15 is 0 Å². The second kappa shape index (κ2) is 10.5. The molecule has 0 bridgehead atoms. The lowest BCUT2D eigenvalue weighted by atomic mass is 9.98. The number of piperidine rings is 1. The lowest BCUT2D eigenvalue weighted by molar-refractivity contribution is 0.0943. The summed E-state index contributed by atoms with van der Waals surface area (Å²) in [5.41, 5.74) is 0.954. The Morgan fingerprint density at radius 1 is 1.28 bits per heavy atom. The number of carbonyl (C=O) groups excluding carboxylic acids is 2. The average molecular weight is 389 g/mol. The van der Waals surface area contributed by atoms with Gasteiger partial charge >= 0.3 is 6.03 Å². The molecule has 1 aliphatic rings. The second-order valence-electron chi connectivity index (χ2n) is 6.35. The number of urea groups is 1. The van der Waals surface area contributed by atoms with Gasteiger partial charge in [0.2, 0.25) is 0 Å². The molecule has 0 atom stereocenters. The van der Waals surface area contributed by atoms with E-state index < -0.39 is 0 Å². The molecule has 8 heteroatoms. The van der Waals surface area contributed by atoms with Crippen LogP contribution >= 0.6 is 24.0 Å². The molecule has 0 unspecified atom stereocenters. The first kappa shape index (κ1) is 21.5. The zero-order valence-electron chi connectivity index (χ0n) is 14.5. The molecule has 25 heavy (non-hydrogen) atoms. The molecule has 1 aliphatic heterocycles. The predicted molar refractivity (Wildman–Crippen MR) is 104 cm³/mol. The molecule has 0 aromatic heterocycles. The Kier molecular flexibility index (Phi) is 9.03. The van der Waals surface area contributed by atoms with Gasteiger partial charge in [0.05, 0.1) is 10.6 Å². The zero-order valence-corrected chi connectivity index (χ0v) is 16.1. The first-order valence-corrected chi connectivity index (χ1v) is 8.69. The zero-order chi connectivity index (χ0) is 17.5. The summed E-state index contributed by atoms with van der Waals surface area (Å²) in [6.07, 6.45) is 2.15. The van der Waals surface area contributed by atoms with Gasteiger partial charge in [-0.2, -0.15) is 0 Å². The minimum Gasteiger partial charge on any atom is -0.350 e. The number of carbonyl (C=O) groups is 2. The Morgan fingerprint density at radius 2 is 1.96 bits per heavy atom. The highest BCUT2D eigenvalue weighted by atomic mass is 35.5. The summed E-state index contributed by atoms with van der Waals surface area (Å²) in [6, 6.07) is 4.64. The Morgan fingerprint density at radius 3 is 2.56 bits per heavy atom. The lowest BCUT2D eigenvalue weighted by Crippen LogP contribution is -2.37. The first-order valence-electron chi connectivity index (χ1n) is 8.31. The van der Waals surface area contributed by atoms with E-state index in [-0.39, 0.29) is 30.4 Å². The summed E-state index contributed by atoms with van der Waals surface area (Å²) < 4.78 is 0. The maximum absolute atomic E-state index is 12.0. The van der Waals surface area contributed by atoms with Gasteiger partial charge in [-0.25, -0.2) is 4.79 Å². The number of halogens is 2. The number of hydrogen-bond donors (Lipinski definition) is 4. The molecule has 6 nitrogen and oxygen atoms in total. The third-order valence-corrected chi connectivity index (χ3v) is 4.21. The molecular formula is C17H26Cl2N4O2. The highest BCUT2D eigenvalue weighted by Crippen LogP contribution is 2.21. The van der Waals surface area contributed by atoms with Gasteiger partial charge in [0, 0.05) is 18.3 Å². The Balaban J connectivity index is 0.00000312.